The van der Waals surface area contributed by atoms with E-state index < -0.39 is 15.9 Å². The summed E-state index contributed by atoms with van der Waals surface area (Å²) >= 11 is 0. The summed E-state index contributed by atoms with van der Waals surface area (Å²) in [7, 11) is -2.12. The third-order valence-electron chi connectivity index (χ3n) is 5.29. The number of aryl methyl sites for hydroxylation is 1. The van der Waals surface area contributed by atoms with Crippen LogP contribution in [0, 0.1) is 11.7 Å². The maximum Gasteiger partial charge on any atom is 0.262 e. The van der Waals surface area contributed by atoms with Crippen molar-refractivity contribution in [3.05, 3.63) is 48.2 Å². The molecule has 158 valence electrons. The number of rotatable bonds is 8. The van der Waals surface area contributed by atoms with E-state index in [9.17, 15) is 17.6 Å². The van der Waals surface area contributed by atoms with Gasteiger partial charge in [-0.3, -0.25) is 4.79 Å². The molecule has 1 amide bonds. The minimum absolute atomic E-state index is 0.0399. The Morgan fingerprint density at radius 1 is 1.24 bits per heavy atom. The van der Waals surface area contributed by atoms with Gasteiger partial charge in [0.25, 0.3) is 10.0 Å². The average Bonchev–Trinajstić information content (AvgIpc) is 3.33. The molecule has 1 aromatic carbocycles. The Kier molecular flexibility index (Phi) is 6.69. The molecular weight excluding hydrogens is 395 g/mol. The fourth-order valence-corrected chi connectivity index (χ4v) is 5.11. The van der Waals surface area contributed by atoms with Crippen LogP contribution in [-0.2, 0) is 21.9 Å². The minimum atomic E-state index is -3.82. The van der Waals surface area contributed by atoms with Crippen molar-refractivity contribution in [1.82, 2.24) is 19.2 Å². The van der Waals surface area contributed by atoms with E-state index in [4.69, 9.17) is 0 Å². The number of amides is 1. The van der Waals surface area contributed by atoms with Crippen LogP contribution >= 0.6 is 0 Å². The van der Waals surface area contributed by atoms with Gasteiger partial charge in [-0.15, -0.1) is 0 Å². The third kappa shape index (κ3) is 4.84. The van der Waals surface area contributed by atoms with Crippen molar-refractivity contribution in [2.75, 3.05) is 19.6 Å². The number of aromatic nitrogens is 2. The highest BCUT2D eigenvalue weighted by molar-refractivity contribution is 7.89. The normalized spacial score (nSPS) is 20.1. The van der Waals surface area contributed by atoms with Crippen molar-refractivity contribution in [3.63, 3.8) is 0 Å². The lowest BCUT2D eigenvalue weighted by atomic mass is 9.88. The zero-order valence-electron chi connectivity index (χ0n) is 16.7. The van der Waals surface area contributed by atoms with Crippen molar-refractivity contribution in [1.29, 1.82) is 0 Å². The number of hydrogen-bond donors (Lipinski definition) is 1. The van der Waals surface area contributed by atoms with E-state index in [1.165, 1.54) is 29.0 Å². The molecule has 7 nitrogen and oxygen atoms in total. The molecule has 0 aliphatic carbocycles. The molecule has 2 heterocycles. The number of hydrogen-bond acceptors (Lipinski definition) is 4. The summed E-state index contributed by atoms with van der Waals surface area (Å²) in [6, 6.07) is 5.91. The first-order chi connectivity index (χ1) is 13.8. The van der Waals surface area contributed by atoms with Crippen LogP contribution in [-0.4, -0.2) is 47.8 Å². The maximum absolute atomic E-state index is 13.4. The van der Waals surface area contributed by atoms with E-state index >= 15 is 0 Å². The number of carbonyl (C=O) groups excluding carboxylic acids is 1. The van der Waals surface area contributed by atoms with Crippen LogP contribution < -0.4 is 5.32 Å². The van der Waals surface area contributed by atoms with Crippen LogP contribution in [0.1, 0.15) is 37.7 Å². The fourth-order valence-electron chi connectivity index (χ4n) is 3.65. The van der Waals surface area contributed by atoms with E-state index in [-0.39, 0.29) is 35.8 Å². The Morgan fingerprint density at radius 3 is 2.59 bits per heavy atom. The number of imidazole rings is 1. The van der Waals surface area contributed by atoms with Gasteiger partial charge in [-0.05, 0) is 24.1 Å². The Labute approximate surface area is 171 Å². The molecule has 1 fully saturated rings. The van der Waals surface area contributed by atoms with Crippen molar-refractivity contribution in [2.24, 2.45) is 13.0 Å². The Hall–Kier alpha value is -2.26. The average molecular weight is 423 g/mol. The quantitative estimate of drug-likeness (QED) is 0.662. The topological polar surface area (TPSA) is 84.3 Å². The number of nitrogens with one attached hydrogen (secondary N) is 1. The van der Waals surface area contributed by atoms with Crippen LogP contribution in [0.5, 0.6) is 0 Å². The van der Waals surface area contributed by atoms with Crippen LogP contribution in [0.25, 0.3) is 0 Å². The third-order valence-corrected chi connectivity index (χ3v) is 7.00. The summed E-state index contributed by atoms with van der Waals surface area (Å²) < 4.78 is 42.2. The number of halogens is 1. The summed E-state index contributed by atoms with van der Waals surface area (Å²) in [6.45, 7) is 2.87. The second kappa shape index (κ2) is 9.04. The molecule has 29 heavy (non-hydrogen) atoms. The standard InChI is InChI=1S/C20H27FN4O3S/c1-3-4-5-10-22-20(26)18-12-25(29(27,28)19-13-24(2)14-23-19)11-17(18)15-6-8-16(21)9-7-15/h6-9,13-14,17-18H,3-5,10-12H2,1-2H3,(H,22,26). The van der Waals surface area contributed by atoms with E-state index in [1.54, 1.807) is 23.7 Å². The van der Waals surface area contributed by atoms with Crippen LogP contribution in [0.3, 0.4) is 0 Å². The second-order valence-corrected chi connectivity index (χ2v) is 9.35. The lowest BCUT2D eigenvalue weighted by molar-refractivity contribution is -0.124. The zero-order valence-corrected chi connectivity index (χ0v) is 17.5. The van der Waals surface area contributed by atoms with E-state index in [2.05, 4.69) is 17.2 Å². The molecule has 2 aromatic rings. The fraction of sp³-hybridized carbons (Fsp3) is 0.500. The van der Waals surface area contributed by atoms with Gasteiger partial charge in [0.1, 0.15) is 5.82 Å². The summed E-state index contributed by atoms with van der Waals surface area (Å²) in [6.07, 6.45) is 5.82. The first-order valence-corrected chi connectivity index (χ1v) is 11.3. The number of unbranched alkanes of at least 4 members (excludes halogenated alkanes) is 2. The smallest absolute Gasteiger partial charge is 0.262 e. The first-order valence-electron chi connectivity index (χ1n) is 9.84. The molecule has 3 rings (SSSR count). The predicted molar refractivity (Wildman–Crippen MR) is 107 cm³/mol. The first kappa shape index (κ1) is 21.4. The minimum Gasteiger partial charge on any atom is -0.356 e. The van der Waals surface area contributed by atoms with E-state index in [0.29, 0.717) is 6.54 Å². The number of nitrogens with zero attached hydrogens (tertiary/aromatic N) is 3. The van der Waals surface area contributed by atoms with Crippen LogP contribution in [0.4, 0.5) is 4.39 Å². The molecule has 9 heteroatoms. The van der Waals surface area contributed by atoms with Crippen molar-refractivity contribution < 1.29 is 17.6 Å². The van der Waals surface area contributed by atoms with Crippen molar-refractivity contribution in [2.45, 2.75) is 37.1 Å². The Balaban J connectivity index is 1.83. The lowest BCUT2D eigenvalue weighted by Crippen LogP contribution is -2.36. The van der Waals surface area contributed by atoms with Gasteiger partial charge in [-0.2, -0.15) is 4.31 Å². The van der Waals surface area contributed by atoms with Gasteiger partial charge < -0.3 is 9.88 Å². The van der Waals surface area contributed by atoms with Gasteiger partial charge >= 0.3 is 0 Å². The summed E-state index contributed by atoms with van der Waals surface area (Å²) in [5.74, 6) is -1.43. The maximum atomic E-state index is 13.4. The molecule has 2 unspecified atom stereocenters. The molecular formula is C20H27FN4O3S. The zero-order chi connectivity index (χ0) is 21.0. The van der Waals surface area contributed by atoms with E-state index in [0.717, 1.165) is 24.8 Å². The molecule has 0 spiro atoms. The van der Waals surface area contributed by atoms with Gasteiger partial charge in [0.15, 0.2) is 5.03 Å². The molecule has 0 saturated carbocycles. The summed E-state index contributed by atoms with van der Waals surface area (Å²) in [4.78, 5) is 16.8. The lowest BCUT2D eigenvalue weighted by Gasteiger charge is -2.18. The van der Waals surface area contributed by atoms with Gasteiger partial charge in [-0.25, -0.2) is 17.8 Å². The molecule has 2 atom stereocenters. The second-order valence-electron chi connectivity index (χ2n) is 7.46. The monoisotopic (exact) mass is 422 g/mol. The number of carbonyl (C=O) groups is 1. The van der Waals surface area contributed by atoms with Crippen molar-refractivity contribution >= 4 is 15.9 Å². The number of benzene rings is 1. The van der Waals surface area contributed by atoms with Gasteiger partial charge in [0.05, 0.1) is 12.2 Å². The molecule has 1 aliphatic rings. The highest BCUT2D eigenvalue weighted by Crippen LogP contribution is 2.35. The molecule has 0 bridgehead atoms. The predicted octanol–water partition coefficient (Wildman–Crippen LogP) is 2.27. The van der Waals surface area contributed by atoms with Gasteiger partial charge in [0.2, 0.25) is 5.91 Å². The molecule has 1 N–H and O–H groups in total. The summed E-state index contributed by atoms with van der Waals surface area (Å²) in [5, 5.41) is 2.89. The molecule has 1 aromatic heterocycles. The molecule has 1 aliphatic heterocycles. The largest absolute Gasteiger partial charge is 0.356 e. The highest BCUT2D eigenvalue weighted by Gasteiger charge is 2.44. The van der Waals surface area contributed by atoms with E-state index in [1.807, 2.05) is 0 Å². The molecule has 1 saturated heterocycles. The SMILES string of the molecule is CCCCCNC(=O)C1CN(S(=O)(=O)c2cn(C)cn2)CC1c1ccc(F)cc1. The van der Waals surface area contributed by atoms with Gasteiger partial charge in [-0.1, -0.05) is 31.9 Å². The highest BCUT2D eigenvalue weighted by atomic mass is 32.2. The Bertz CT molecular complexity index is 943. The molecule has 0 radical (unpaired) electrons. The summed E-state index contributed by atoms with van der Waals surface area (Å²) in [5.41, 5.74) is 0.749. The van der Waals surface area contributed by atoms with Gasteiger partial charge in [0, 0.05) is 38.8 Å². The number of sulfonamides is 1. The van der Waals surface area contributed by atoms with Crippen LogP contribution in [0.15, 0.2) is 41.8 Å². The van der Waals surface area contributed by atoms with Crippen molar-refractivity contribution in [3.8, 4) is 0 Å². The van der Waals surface area contributed by atoms with Crippen LogP contribution in [0.2, 0.25) is 0 Å². The Morgan fingerprint density at radius 2 is 1.97 bits per heavy atom.